The van der Waals surface area contributed by atoms with E-state index in [1.165, 1.54) is 17.8 Å². The van der Waals surface area contributed by atoms with Crippen molar-refractivity contribution in [2.75, 3.05) is 12.3 Å². The Morgan fingerprint density at radius 1 is 1.48 bits per heavy atom. The van der Waals surface area contributed by atoms with Gasteiger partial charge >= 0.3 is 0 Å². The highest BCUT2D eigenvalue weighted by Gasteiger charge is 2.52. The molecule has 4 atom stereocenters. The van der Waals surface area contributed by atoms with E-state index in [0.717, 1.165) is 0 Å². The maximum Gasteiger partial charge on any atom is 0.280 e. The van der Waals surface area contributed by atoms with Crippen LogP contribution in [0.2, 0.25) is 0 Å². The first-order chi connectivity index (χ1) is 9.88. The number of imidazole rings is 1. The summed E-state index contributed by atoms with van der Waals surface area (Å²) in [5.41, 5.74) is 3.70. The van der Waals surface area contributed by atoms with Gasteiger partial charge < -0.3 is 25.8 Å². The maximum atomic E-state index is 11.8. The van der Waals surface area contributed by atoms with Crippen LogP contribution in [-0.4, -0.2) is 59.8 Å². The van der Waals surface area contributed by atoms with E-state index in [9.17, 15) is 20.1 Å². The normalized spacial score (nSPS) is 30.0. The van der Waals surface area contributed by atoms with Gasteiger partial charge in [0.05, 0.1) is 12.9 Å². The zero-order valence-corrected chi connectivity index (χ0v) is 13.5. The summed E-state index contributed by atoms with van der Waals surface area (Å²) >= 11 is 0. The molecule has 3 rings (SSSR count). The van der Waals surface area contributed by atoms with Crippen molar-refractivity contribution in [2.24, 2.45) is 0 Å². The van der Waals surface area contributed by atoms with Gasteiger partial charge in [-0.3, -0.25) is 14.3 Å². The number of aromatic amines is 1. The number of nitrogens with two attached hydrogens (primary N) is 1. The van der Waals surface area contributed by atoms with E-state index in [4.69, 9.17) is 10.5 Å². The summed E-state index contributed by atoms with van der Waals surface area (Å²) in [5, 5.41) is 29.3. The van der Waals surface area contributed by atoms with Crippen molar-refractivity contribution in [3.05, 3.63) is 16.7 Å². The second kappa shape index (κ2) is 6.59. The number of rotatable bonds is 2. The average Bonchev–Trinajstić information content (AvgIpc) is 2.95. The number of halogens is 2. The Labute approximate surface area is 142 Å². The monoisotopic (exact) mass is 369 g/mol. The van der Waals surface area contributed by atoms with E-state index in [2.05, 4.69) is 15.0 Å². The van der Waals surface area contributed by atoms with Crippen LogP contribution in [0.15, 0.2) is 11.1 Å². The summed E-state index contributed by atoms with van der Waals surface area (Å²) in [6.07, 6.45) is -2.31. The first-order valence-electron chi connectivity index (χ1n) is 6.26. The lowest BCUT2D eigenvalue weighted by Gasteiger charge is -2.29. The summed E-state index contributed by atoms with van der Waals surface area (Å²) in [6.45, 7) is 1.04. The molecule has 0 aromatic carbocycles. The van der Waals surface area contributed by atoms with Gasteiger partial charge in [-0.15, -0.1) is 24.8 Å². The number of fused-ring (bicyclic) bond motifs is 1. The third-order valence-electron chi connectivity index (χ3n) is 3.73. The quantitative estimate of drug-likeness (QED) is 0.420. The van der Waals surface area contributed by atoms with Gasteiger partial charge in [0.1, 0.15) is 18.3 Å². The molecule has 130 valence electrons. The largest absolute Gasteiger partial charge is 0.394 e. The highest BCUT2D eigenvalue weighted by Crippen LogP contribution is 2.36. The zero-order chi connectivity index (χ0) is 15.4. The van der Waals surface area contributed by atoms with Crippen molar-refractivity contribution in [3.63, 3.8) is 0 Å². The molecule has 0 aliphatic carbocycles. The predicted molar refractivity (Wildman–Crippen MR) is 84.7 cm³/mol. The van der Waals surface area contributed by atoms with Gasteiger partial charge in [-0.2, -0.15) is 4.98 Å². The van der Waals surface area contributed by atoms with Gasteiger partial charge in [0, 0.05) is 0 Å². The van der Waals surface area contributed by atoms with Crippen LogP contribution in [0.5, 0.6) is 0 Å². The fourth-order valence-corrected chi connectivity index (χ4v) is 2.56. The predicted octanol–water partition coefficient (Wildman–Crippen LogP) is -1.67. The van der Waals surface area contributed by atoms with Crippen molar-refractivity contribution in [3.8, 4) is 0 Å². The number of nitrogen functional groups attached to an aromatic ring is 1. The molecule has 2 aromatic rings. The molecule has 0 spiro atoms. The van der Waals surface area contributed by atoms with Crippen molar-refractivity contribution >= 4 is 41.9 Å². The number of hydrogen-bond acceptors (Lipinski definition) is 8. The molecule has 1 aliphatic heterocycles. The number of aliphatic hydroxyl groups is 3. The molecule has 0 unspecified atom stereocenters. The second-order valence-electron chi connectivity index (χ2n) is 5.07. The molecular weight excluding hydrogens is 353 g/mol. The second-order valence-corrected chi connectivity index (χ2v) is 5.07. The summed E-state index contributed by atoms with van der Waals surface area (Å²) in [4.78, 5) is 22.0. The molecule has 0 radical (unpaired) electrons. The minimum absolute atomic E-state index is 0. The Balaban J connectivity index is 0.00000132. The van der Waals surface area contributed by atoms with E-state index in [0.29, 0.717) is 0 Å². The van der Waals surface area contributed by atoms with Crippen molar-refractivity contribution in [1.29, 1.82) is 0 Å². The fraction of sp³-hybridized carbons (Fsp3) is 0.545. The van der Waals surface area contributed by atoms with Crippen LogP contribution in [0.3, 0.4) is 0 Å². The standard InChI is InChI=1S/C11H15N5O5.2ClH/c1-11(7(19)6(18)4(2-17)21-11)16-3-13-5-8(16)14-10(12)15-9(5)20;;/h3-4,6-7,17-19H,2H2,1H3,(H3,12,14,15,20);2*1H/t4-,6-,7-,11-;;/m1../s1. The first kappa shape index (κ1) is 19.6. The third-order valence-corrected chi connectivity index (χ3v) is 3.73. The Morgan fingerprint density at radius 3 is 2.70 bits per heavy atom. The fourth-order valence-electron chi connectivity index (χ4n) is 2.56. The van der Waals surface area contributed by atoms with Gasteiger partial charge in [0.15, 0.2) is 16.9 Å². The van der Waals surface area contributed by atoms with Gasteiger partial charge in [0.2, 0.25) is 5.95 Å². The van der Waals surface area contributed by atoms with E-state index < -0.39 is 36.2 Å². The summed E-state index contributed by atoms with van der Waals surface area (Å²) < 4.78 is 6.85. The third kappa shape index (κ3) is 2.77. The van der Waals surface area contributed by atoms with Crippen LogP contribution in [-0.2, 0) is 10.5 Å². The zero-order valence-electron chi connectivity index (χ0n) is 11.9. The van der Waals surface area contributed by atoms with Crippen molar-refractivity contribution < 1.29 is 20.1 Å². The number of nitrogens with one attached hydrogen (secondary N) is 1. The molecule has 1 fully saturated rings. The molecule has 6 N–H and O–H groups in total. The number of aliphatic hydroxyl groups excluding tert-OH is 3. The Hall–Kier alpha value is -1.43. The number of nitrogens with zero attached hydrogens (tertiary/aromatic N) is 3. The number of anilines is 1. The number of hydrogen-bond donors (Lipinski definition) is 5. The topological polar surface area (TPSA) is 160 Å². The Kier molecular flexibility index (Phi) is 5.62. The number of H-pyrrole nitrogens is 1. The van der Waals surface area contributed by atoms with Gasteiger partial charge in [0.25, 0.3) is 5.56 Å². The molecule has 0 amide bonds. The van der Waals surface area contributed by atoms with Gasteiger partial charge in [-0.25, -0.2) is 4.98 Å². The minimum Gasteiger partial charge on any atom is -0.394 e. The number of aromatic nitrogens is 4. The lowest BCUT2D eigenvalue weighted by Crippen LogP contribution is -2.43. The van der Waals surface area contributed by atoms with E-state index in [1.807, 2.05) is 0 Å². The molecule has 1 aliphatic rings. The average molecular weight is 370 g/mol. The Morgan fingerprint density at radius 2 is 2.13 bits per heavy atom. The molecule has 23 heavy (non-hydrogen) atoms. The Bertz CT molecular complexity index is 752. The molecular formula is C11H17Cl2N5O5. The molecule has 2 aromatic heterocycles. The SMILES string of the molecule is C[C@@]1(n2cnc3c(=O)[nH]c(N)nc32)O[C@H](CO)[C@@H](O)[C@H]1O.Cl.Cl. The van der Waals surface area contributed by atoms with E-state index >= 15 is 0 Å². The van der Waals surface area contributed by atoms with Crippen LogP contribution >= 0.6 is 24.8 Å². The molecule has 1 saturated heterocycles. The highest BCUT2D eigenvalue weighted by atomic mass is 35.5. The van der Waals surface area contributed by atoms with Crippen LogP contribution in [0.1, 0.15) is 6.92 Å². The lowest BCUT2D eigenvalue weighted by atomic mass is 10.0. The van der Waals surface area contributed by atoms with E-state index in [1.54, 1.807) is 0 Å². The molecule has 0 bridgehead atoms. The summed E-state index contributed by atoms with van der Waals surface area (Å²) in [5.74, 6) is -0.107. The smallest absolute Gasteiger partial charge is 0.280 e. The molecule has 3 heterocycles. The summed E-state index contributed by atoms with van der Waals surface area (Å²) in [7, 11) is 0. The molecule has 12 heteroatoms. The van der Waals surface area contributed by atoms with Crippen LogP contribution in [0.4, 0.5) is 5.95 Å². The van der Waals surface area contributed by atoms with Crippen molar-refractivity contribution in [1.82, 2.24) is 19.5 Å². The van der Waals surface area contributed by atoms with Gasteiger partial charge in [-0.1, -0.05) is 0 Å². The van der Waals surface area contributed by atoms with Gasteiger partial charge in [-0.05, 0) is 6.92 Å². The highest BCUT2D eigenvalue weighted by molar-refractivity contribution is 5.85. The first-order valence-corrected chi connectivity index (χ1v) is 6.26. The number of ether oxygens (including phenoxy) is 1. The summed E-state index contributed by atoms with van der Waals surface area (Å²) in [6, 6.07) is 0. The maximum absolute atomic E-state index is 11.8. The van der Waals surface area contributed by atoms with Crippen molar-refractivity contribution in [2.45, 2.75) is 31.0 Å². The van der Waals surface area contributed by atoms with E-state index in [-0.39, 0.29) is 41.9 Å². The van der Waals surface area contributed by atoms with Crippen LogP contribution in [0, 0.1) is 0 Å². The van der Waals surface area contributed by atoms with Crippen LogP contribution in [0.25, 0.3) is 11.2 Å². The lowest BCUT2D eigenvalue weighted by molar-refractivity contribution is -0.132. The minimum atomic E-state index is -1.44. The van der Waals surface area contributed by atoms with Crippen LogP contribution < -0.4 is 11.3 Å². The molecule has 0 saturated carbocycles. The molecule has 10 nitrogen and oxygen atoms in total.